The topological polar surface area (TPSA) is 41.9 Å². The molecule has 0 saturated carbocycles. The van der Waals surface area contributed by atoms with E-state index in [1.165, 1.54) is 0 Å². The first-order valence-corrected chi connectivity index (χ1v) is 5.03. The van der Waals surface area contributed by atoms with E-state index in [0.29, 0.717) is 19.4 Å². The third kappa shape index (κ3) is 2.12. The third-order valence-corrected chi connectivity index (χ3v) is 2.82. The van der Waals surface area contributed by atoms with E-state index in [0.717, 1.165) is 10.6 Å². The van der Waals surface area contributed by atoms with Crippen LogP contribution >= 0.6 is 0 Å². The molecule has 0 N–H and O–H groups in total. The minimum absolute atomic E-state index is 0.0752. The summed E-state index contributed by atoms with van der Waals surface area (Å²) in [4.78, 5) is 16.6. The van der Waals surface area contributed by atoms with Crippen molar-refractivity contribution < 1.29 is 22.8 Å². The van der Waals surface area contributed by atoms with Crippen molar-refractivity contribution in [2.45, 2.75) is 19.0 Å². The van der Waals surface area contributed by atoms with Crippen molar-refractivity contribution in [2.24, 2.45) is 11.1 Å². The van der Waals surface area contributed by atoms with Gasteiger partial charge in [-0.05, 0) is 6.42 Å². The van der Waals surface area contributed by atoms with Crippen LogP contribution in [0.4, 0.5) is 13.2 Å². The van der Waals surface area contributed by atoms with E-state index in [1.807, 2.05) is 0 Å². The van der Waals surface area contributed by atoms with Crippen LogP contribution in [0.2, 0.25) is 0 Å². The number of nitrogens with zero attached hydrogens (tertiary/aromatic N) is 2. The molecular weight excluding hydrogens is 225 g/mol. The Labute approximate surface area is 90.0 Å². The largest absolute Gasteiger partial charge is 0.471 e. The van der Waals surface area contributed by atoms with Gasteiger partial charge in [0.2, 0.25) is 0 Å². The summed E-state index contributed by atoms with van der Waals surface area (Å²) < 4.78 is 36.5. The van der Waals surface area contributed by atoms with Crippen molar-refractivity contribution in [1.29, 1.82) is 0 Å². The van der Waals surface area contributed by atoms with E-state index in [2.05, 4.69) is 5.16 Å². The zero-order valence-electron chi connectivity index (χ0n) is 8.46. The summed E-state index contributed by atoms with van der Waals surface area (Å²) in [6, 6.07) is 0. The molecule has 1 saturated heterocycles. The van der Waals surface area contributed by atoms with Gasteiger partial charge in [-0.15, -0.1) is 0 Å². The average Bonchev–Trinajstić information content (AvgIpc) is 2.85. The molecule has 90 valence electrons. The van der Waals surface area contributed by atoms with Crippen LogP contribution in [0.1, 0.15) is 12.8 Å². The molecule has 0 aromatic rings. The van der Waals surface area contributed by atoms with Crippen LogP contribution in [0.15, 0.2) is 5.16 Å². The van der Waals surface area contributed by atoms with Crippen LogP contribution in [-0.4, -0.2) is 42.4 Å². The molecule has 0 spiro atoms. The maximum absolute atomic E-state index is 12.2. The molecule has 0 aromatic carbocycles. The van der Waals surface area contributed by atoms with Crippen molar-refractivity contribution in [1.82, 2.24) is 4.90 Å². The summed E-state index contributed by atoms with van der Waals surface area (Å²) in [5, 5.41) is 3.77. The van der Waals surface area contributed by atoms with Crippen molar-refractivity contribution in [3.8, 4) is 0 Å². The molecule has 0 bridgehead atoms. The van der Waals surface area contributed by atoms with Crippen molar-refractivity contribution in [3.63, 3.8) is 0 Å². The van der Waals surface area contributed by atoms with Crippen LogP contribution in [-0.2, 0) is 9.63 Å². The zero-order chi connectivity index (χ0) is 11.8. The number of amides is 1. The zero-order valence-corrected chi connectivity index (χ0v) is 8.46. The van der Waals surface area contributed by atoms with Gasteiger partial charge in [0.25, 0.3) is 0 Å². The highest BCUT2D eigenvalue weighted by molar-refractivity contribution is 5.89. The highest BCUT2D eigenvalue weighted by Gasteiger charge is 2.45. The lowest BCUT2D eigenvalue weighted by molar-refractivity contribution is -0.184. The number of likely N-dealkylation sites (tertiary alicyclic amines) is 1. The number of alkyl halides is 3. The standard InChI is InChI=1S/C9H11F3N2O2/c10-9(11,12)8(15)14-3-1-6(5-14)7-2-4-16-13-7/h6H,1-5H2. The van der Waals surface area contributed by atoms with Crippen molar-refractivity contribution >= 4 is 11.6 Å². The Balaban J connectivity index is 1.95. The molecule has 1 fully saturated rings. The first-order valence-electron chi connectivity index (χ1n) is 5.03. The SMILES string of the molecule is O=C(N1CCC(C2=NOCC2)C1)C(F)(F)F. The van der Waals surface area contributed by atoms with E-state index in [1.54, 1.807) is 0 Å². The second-order valence-corrected chi connectivity index (χ2v) is 3.90. The second-order valence-electron chi connectivity index (χ2n) is 3.90. The molecule has 4 nitrogen and oxygen atoms in total. The van der Waals surface area contributed by atoms with Gasteiger partial charge < -0.3 is 9.74 Å². The Morgan fingerprint density at radius 1 is 1.50 bits per heavy atom. The monoisotopic (exact) mass is 236 g/mol. The lowest BCUT2D eigenvalue weighted by Crippen LogP contribution is -2.40. The lowest BCUT2D eigenvalue weighted by Gasteiger charge is -2.17. The molecule has 0 aromatic heterocycles. The fraction of sp³-hybridized carbons (Fsp3) is 0.778. The van der Waals surface area contributed by atoms with Crippen LogP contribution in [0.3, 0.4) is 0 Å². The summed E-state index contributed by atoms with van der Waals surface area (Å²) in [6.07, 6.45) is -3.59. The minimum Gasteiger partial charge on any atom is -0.395 e. The number of halogens is 3. The van der Waals surface area contributed by atoms with Crippen LogP contribution in [0.25, 0.3) is 0 Å². The number of carbonyl (C=O) groups excluding carboxylic acids is 1. The number of rotatable bonds is 1. The summed E-state index contributed by atoms with van der Waals surface area (Å²) in [6.45, 7) is 0.724. The fourth-order valence-corrected chi connectivity index (χ4v) is 2.00. The molecule has 1 atom stereocenters. The van der Waals surface area contributed by atoms with Crippen LogP contribution in [0, 0.1) is 5.92 Å². The summed E-state index contributed by atoms with van der Waals surface area (Å²) >= 11 is 0. The molecule has 1 amide bonds. The molecule has 2 heterocycles. The quantitative estimate of drug-likeness (QED) is 0.685. The van der Waals surface area contributed by atoms with E-state index in [-0.39, 0.29) is 19.0 Å². The highest BCUT2D eigenvalue weighted by Crippen LogP contribution is 2.26. The first-order chi connectivity index (χ1) is 7.48. The van der Waals surface area contributed by atoms with Crippen molar-refractivity contribution in [2.75, 3.05) is 19.7 Å². The van der Waals surface area contributed by atoms with Crippen LogP contribution < -0.4 is 0 Å². The Morgan fingerprint density at radius 2 is 2.25 bits per heavy atom. The molecule has 2 aliphatic heterocycles. The van der Waals surface area contributed by atoms with E-state index < -0.39 is 12.1 Å². The van der Waals surface area contributed by atoms with Gasteiger partial charge in [-0.25, -0.2) is 0 Å². The molecule has 0 radical (unpaired) electrons. The number of oxime groups is 1. The normalized spacial score (nSPS) is 25.6. The van der Waals surface area contributed by atoms with E-state index >= 15 is 0 Å². The van der Waals surface area contributed by atoms with Gasteiger partial charge in [0.05, 0.1) is 5.71 Å². The van der Waals surface area contributed by atoms with Gasteiger partial charge in [-0.2, -0.15) is 13.2 Å². The van der Waals surface area contributed by atoms with E-state index in [9.17, 15) is 18.0 Å². The maximum atomic E-state index is 12.2. The van der Waals surface area contributed by atoms with Crippen LogP contribution in [0.5, 0.6) is 0 Å². The highest BCUT2D eigenvalue weighted by atomic mass is 19.4. The summed E-state index contributed by atoms with van der Waals surface area (Å²) in [7, 11) is 0. The molecule has 1 unspecified atom stereocenters. The first kappa shape index (κ1) is 11.2. The molecule has 16 heavy (non-hydrogen) atoms. The van der Waals surface area contributed by atoms with Gasteiger partial charge >= 0.3 is 12.1 Å². The lowest BCUT2D eigenvalue weighted by atomic mass is 10.0. The Bertz CT molecular complexity index is 327. The third-order valence-electron chi connectivity index (χ3n) is 2.82. The smallest absolute Gasteiger partial charge is 0.395 e. The Morgan fingerprint density at radius 3 is 2.81 bits per heavy atom. The van der Waals surface area contributed by atoms with Gasteiger partial charge in [0, 0.05) is 25.4 Å². The minimum atomic E-state index is -4.77. The van der Waals surface area contributed by atoms with E-state index in [4.69, 9.17) is 4.84 Å². The fourth-order valence-electron chi connectivity index (χ4n) is 2.00. The number of hydrogen-bond donors (Lipinski definition) is 0. The second kappa shape index (κ2) is 3.95. The van der Waals surface area contributed by atoms with Gasteiger partial charge in [-0.1, -0.05) is 5.16 Å². The predicted octanol–water partition coefficient (Wildman–Crippen LogP) is 1.17. The number of hydrogen-bond acceptors (Lipinski definition) is 3. The molecular formula is C9H11F3N2O2. The molecule has 0 aliphatic carbocycles. The molecule has 7 heteroatoms. The molecule has 2 aliphatic rings. The van der Waals surface area contributed by atoms with Crippen molar-refractivity contribution in [3.05, 3.63) is 0 Å². The van der Waals surface area contributed by atoms with Gasteiger partial charge in [-0.3, -0.25) is 4.79 Å². The Hall–Kier alpha value is -1.27. The average molecular weight is 236 g/mol. The summed E-state index contributed by atoms with van der Waals surface area (Å²) in [5.74, 6) is -1.83. The van der Waals surface area contributed by atoms with Gasteiger partial charge in [0.1, 0.15) is 6.61 Å². The summed E-state index contributed by atoms with van der Waals surface area (Å²) in [5.41, 5.74) is 0.775. The Kier molecular flexibility index (Phi) is 2.77. The maximum Gasteiger partial charge on any atom is 0.471 e. The van der Waals surface area contributed by atoms with Gasteiger partial charge in [0.15, 0.2) is 0 Å². The predicted molar refractivity (Wildman–Crippen MR) is 48.7 cm³/mol. The molecule has 2 rings (SSSR count). The number of carbonyl (C=O) groups is 1.